The van der Waals surface area contributed by atoms with Gasteiger partial charge in [-0.2, -0.15) is 10.2 Å². The fourth-order valence-electron chi connectivity index (χ4n) is 0.978. The Kier molecular flexibility index (Phi) is 2.97. The Morgan fingerprint density at radius 1 is 1.20 bits per heavy atom. The molecule has 2 aromatic rings. The fourth-order valence-corrected chi connectivity index (χ4v) is 0.978. The lowest BCUT2D eigenvalue weighted by Gasteiger charge is -1.86. The molecule has 1 N–H and O–H groups in total. The van der Waals surface area contributed by atoms with E-state index in [1.165, 1.54) is 0 Å². The van der Waals surface area contributed by atoms with Crippen molar-refractivity contribution in [2.75, 3.05) is 0 Å². The smallest absolute Gasteiger partial charge is 0.0924 e. The van der Waals surface area contributed by atoms with E-state index in [0.29, 0.717) is 0 Å². The molecule has 0 aliphatic heterocycles. The second-order valence-corrected chi connectivity index (χ2v) is 2.75. The second-order valence-electron chi connectivity index (χ2n) is 2.75. The number of rotatable bonds is 3. The Bertz CT molecular complexity index is 444. The van der Waals surface area contributed by atoms with Gasteiger partial charge in [0.2, 0.25) is 0 Å². The molecule has 0 aromatic carbocycles. The number of nitrogens with one attached hydrogen (secondary N) is 1. The summed E-state index contributed by atoms with van der Waals surface area (Å²) in [5.41, 5.74) is 1.59. The molecule has 0 aliphatic carbocycles. The number of pyridine rings is 1. The van der Waals surface area contributed by atoms with Crippen molar-refractivity contribution in [1.29, 1.82) is 0 Å². The third-order valence-electron chi connectivity index (χ3n) is 1.66. The highest BCUT2D eigenvalue weighted by Gasteiger charge is 1.85. The molecular formula is C10H9N5. The van der Waals surface area contributed by atoms with Crippen LogP contribution in [0.3, 0.4) is 0 Å². The third-order valence-corrected chi connectivity index (χ3v) is 1.66. The summed E-state index contributed by atoms with van der Waals surface area (Å²) in [6, 6.07) is 5.60. The maximum Gasteiger partial charge on any atom is 0.0924 e. The van der Waals surface area contributed by atoms with Crippen molar-refractivity contribution in [2.45, 2.75) is 0 Å². The highest BCUT2D eigenvalue weighted by molar-refractivity contribution is 5.79. The van der Waals surface area contributed by atoms with Crippen molar-refractivity contribution in [3.63, 3.8) is 0 Å². The molecule has 0 unspecified atom stereocenters. The van der Waals surface area contributed by atoms with E-state index >= 15 is 0 Å². The summed E-state index contributed by atoms with van der Waals surface area (Å²) in [7, 11) is 0. The molecule has 5 heteroatoms. The summed E-state index contributed by atoms with van der Waals surface area (Å²) >= 11 is 0. The van der Waals surface area contributed by atoms with E-state index in [4.69, 9.17) is 0 Å². The van der Waals surface area contributed by atoms with Gasteiger partial charge in [0.05, 0.1) is 36.3 Å². The van der Waals surface area contributed by atoms with Crippen molar-refractivity contribution in [2.24, 2.45) is 10.2 Å². The average Bonchev–Trinajstić information content (AvgIpc) is 2.79. The van der Waals surface area contributed by atoms with E-state index in [9.17, 15) is 0 Å². The van der Waals surface area contributed by atoms with E-state index in [-0.39, 0.29) is 0 Å². The minimum absolute atomic E-state index is 0.777. The molecule has 0 aliphatic rings. The van der Waals surface area contributed by atoms with Crippen LogP contribution in [0.4, 0.5) is 0 Å². The van der Waals surface area contributed by atoms with Crippen molar-refractivity contribution >= 4 is 12.4 Å². The second kappa shape index (κ2) is 4.80. The molecule has 0 saturated carbocycles. The molecule has 0 amide bonds. The molecule has 2 heterocycles. The van der Waals surface area contributed by atoms with Gasteiger partial charge in [-0.1, -0.05) is 6.07 Å². The molecule has 0 spiro atoms. The predicted molar refractivity (Wildman–Crippen MR) is 58.0 cm³/mol. The van der Waals surface area contributed by atoms with Crippen molar-refractivity contribution < 1.29 is 0 Å². The highest BCUT2D eigenvalue weighted by Crippen LogP contribution is 1.89. The van der Waals surface area contributed by atoms with Crippen LogP contribution < -0.4 is 0 Å². The summed E-state index contributed by atoms with van der Waals surface area (Å²) in [5.74, 6) is 0. The van der Waals surface area contributed by atoms with E-state index in [0.717, 1.165) is 11.4 Å². The monoisotopic (exact) mass is 199 g/mol. The van der Waals surface area contributed by atoms with Crippen LogP contribution in [0, 0.1) is 0 Å². The molecule has 0 atom stereocenters. The molecule has 0 saturated heterocycles. The molecule has 2 aromatic heterocycles. The van der Waals surface area contributed by atoms with Crippen molar-refractivity contribution in [3.05, 3.63) is 48.3 Å². The van der Waals surface area contributed by atoms with Gasteiger partial charge in [-0.15, -0.1) is 0 Å². The van der Waals surface area contributed by atoms with Gasteiger partial charge in [-0.05, 0) is 12.1 Å². The first-order valence-electron chi connectivity index (χ1n) is 4.41. The van der Waals surface area contributed by atoms with Crippen LogP contribution >= 0.6 is 0 Å². The topological polar surface area (TPSA) is 66.3 Å². The molecule has 74 valence electrons. The maximum atomic E-state index is 4.07. The molecule has 5 nitrogen and oxygen atoms in total. The highest BCUT2D eigenvalue weighted by atomic mass is 15.2. The lowest BCUT2D eigenvalue weighted by atomic mass is 10.4. The number of imidazole rings is 1. The summed E-state index contributed by atoms with van der Waals surface area (Å²) in [4.78, 5) is 10.8. The van der Waals surface area contributed by atoms with Crippen molar-refractivity contribution in [3.8, 4) is 0 Å². The van der Waals surface area contributed by atoms with Crippen LogP contribution in [0.25, 0.3) is 0 Å². The Morgan fingerprint density at radius 2 is 2.13 bits per heavy atom. The number of H-pyrrole nitrogens is 1. The fraction of sp³-hybridized carbons (Fsp3) is 0. The zero-order valence-electron chi connectivity index (χ0n) is 7.91. The van der Waals surface area contributed by atoms with Gasteiger partial charge in [0.15, 0.2) is 0 Å². The first kappa shape index (κ1) is 9.26. The summed E-state index contributed by atoms with van der Waals surface area (Å²) in [6.45, 7) is 0. The lowest BCUT2D eigenvalue weighted by molar-refractivity contribution is 1.23. The third kappa shape index (κ3) is 2.84. The minimum Gasteiger partial charge on any atom is -0.344 e. The predicted octanol–water partition coefficient (Wildman–Crippen LogP) is 1.26. The summed E-state index contributed by atoms with van der Waals surface area (Å²) in [6.07, 6.45) is 8.14. The van der Waals surface area contributed by atoms with E-state index in [1.54, 1.807) is 31.2 Å². The van der Waals surface area contributed by atoms with E-state index in [2.05, 4.69) is 25.2 Å². The summed E-state index contributed by atoms with van der Waals surface area (Å²) in [5, 5.41) is 7.69. The average molecular weight is 199 g/mol. The van der Waals surface area contributed by atoms with Gasteiger partial charge in [0, 0.05) is 6.20 Å². The van der Waals surface area contributed by atoms with Gasteiger partial charge in [-0.3, -0.25) is 4.98 Å². The number of aromatic amines is 1. The quantitative estimate of drug-likeness (QED) is 0.597. The maximum absolute atomic E-state index is 4.07. The van der Waals surface area contributed by atoms with Crippen LogP contribution in [0.2, 0.25) is 0 Å². The van der Waals surface area contributed by atoms with Crippen LogP contribution in [-0.4, -0.2) is 27.4 Å². The molecule has 15 heavy (non-hydrogen) atoms. The zero-order valence-corrected chi connectivity index (χ0v) is 7.91. The normalized spacial score (nSPS) is 11.5. The molecule has 0 radical (unpaired) electrons. The molecule has 0 fully saturated rings. The Morgan fingerprint density at radius 3 is 2.87 bits per heavy atom. The molecule has 2 rings (SSSR count). The zero-order chi connectivity index (χ0) is 10.3. The Balaban J connectivity index is 1.96. The van der Waals surface area contributed by atoms with Gasteiger partial charge >= 0.3 is 0 Å². The minimum atomic E-state index is 0.777. The number of nitrogens with zero attached hydrogens (tertiary/aromatic N) is 4. The van der Waals surface area contributed by atoms with E-state index in [1.807, 2.05) is 18.2 Å². The number of aromatic nitrogens is 3. The van der Waals surface area contributed by atoms with Gasteiger partial charge < -0.3 is 4.98 Å². The standard InChI is InChI=1S/C10H9N5/c1-2-4-12-9(3-1)6-14-15-7-10-5-11-8-13-10/h1-8H,(H,11,13)/b14-6+,15-7+. The SMILES string of the molecule is C(=N\N=C\c1cnc[nH]1)/c1ccccn1. The van der Waals surface area contributed by atoms with E-state index < -0.39 is 0 Å². The van der Waals surface area contributed by atoms with Gasteiger partial charge in [-0.25, -0.2) is 4.98 Å². The number of hydrogen-bond donors (Lipinski definition) is 1. The van der Waals surface area contributed by atoms with Crippen molar-refractivity contribution in [1.82, 2.24) is 15.0 Å². The van der Waals surface area contributed by atoms with Gasteiger partial charge in [0.1, 0.15) is 0 Å². The van der Waals surface area contributed by atoms with Crippen LogP contribution in [-0.2, 0) is 0 Å². The first-order valence-corrected chi connectivity index (χ1v) is 4.41. The van der Waals surface area contributed by atoms with Crippen LogP contribution in [0.5, 0.6) is 0 Å². The largest absolute Gasteiger partial charge is 0.344 e. The first-order chi connectivity index (χ1) is 7.45. The number of hydrogen-bond acceptors (Lipinski definition) is 4. The Hall–Kier alpha value is -2.30. The molecule has 0 bridgehead atoms. The lowest BCUT2D eigenvalue weighted by Crippen LogP contribution is -1.84. The summed E-state index contributed by atoms with van der Waals surface area (Å²) < 4.78 is 0. The Labute approximate surface area is 86.6 Å². The van der Waals surface area contributed by atoms with Crippen LogP contribution in [0.15, 0.2) is 47.1 Å². The van der Waals surface area contributed by atoms with Gasteiger partial charge in [0.25, 0.3) is 0 Å². The van der Waals surface area contributed by atoms with Crippen LogP contribution in [0.1, 0.15) is 11.4 Å². The molecular weight excluding hydrogens is 190 g/mol.